The molecule has 0 radical (unpaired) electrons. The molecule has 0 aromatic heterocycles. The van der Waals surface area contributed by atoms with Crippen LogP contribution in [0.2, 0.25) is 0 Å². The van der Waals surface area contributed by atoms with Crippen LogP contribution in [0.4, 0.5) is 0 Å². The molecule has 0 spiro atoms. The van der Waals surface area contributed by atoms with Crippen LogP contribution >= 0.6 is 15.9 Å². The fraction of sp³-hybridized carbons (Fsp3) is 0.125. The summed E-state index contributed by atoms with van der Waals surface area (Å²) in [4.78, 5) is 0. The lowest BCUT2D eigenvalue weighted by Crippen LogP contribution is -2.21. The Kier molecular flexibility index (Phi) is 5.99. The lowest BCUT2D eigenvalue weighted by Gasteiger charge is -2.11. The zero-order chi connectivity index (χ0) is 16.7. The van der Waals surface area contributed by atoms with Crippen molar-refractivity contribution < 1.29 is 9.47 Å². The van der Waals surface area contributed by atoms with E-state index >= 15 is 0 Å². The van der Waals surface area contributed by atoms with Crippen molar-refractivity contribution in [3.63, 3.8) is 0 Å². The first-order chi connectivity index (χ1) is 11.1. The van der Waals surface area contributed by atoms with Gasteiger partial charge in [0.25, 0.3) is 0 Å². The van der Waals surface area contributed by atoms with Crippen LogP contribution in [0.5, 0.6) is 11.5 Å². The minimum Gasteiger partial charge on any atom is -0.493 e. The molecule has 23 heavy (non-hydrogen) atoms. The van der Waals surface area contributed by atoms with E-state index in [1.165, 1.54) is 6.21 Å². The number of halogens is 1. The van der Waals surface area contributed by atoms with Crippen molar-refractivity contribution in [3.8, 4) is 11.5 Å². The van der Waals surface area contributed by atoms with Crippen molar-refractivity contribution >= 4 is 28.1 Å². The highest BCUT2D eigenvalue weighted by atomic mass is 79.9. The van der Waals surface area contributed by atoms with E-state index in [1.807, 2.05) is 36.4 Å². The van der Waals surface area contributed by atoms with E-state index in [9.17, 15) is 0 Å². The van der Waals surface area contributed by atoms with Crippen molar-refractivity contribution in [1.82, 2.24) is 0 Å². The van der Waals surface area contributed by atoms with Gasteiger partial charge in [-0.2, -0.15) is 5.10 Å². The standard InChI is InChI=1S/C16H17BrN4O2/c1-22-15-8-11(9-20-21-16(18)19)5-6-14(15)23-10-12-3-2-4-13(17)7-12/h2-9H,10H2,1H3,(H4,18,19,21). The van der Waals surface area contributed by atoms with Gasteiger partial charge in [0.1, 0.15) is 6.61 Å². The maximum atomic E-state index is 5.81. The largest absolute Gasteiger partial charge is 0.493 e. The van der Waals surface area contributed by atoms with Crippen LogP contribution in [0.15, 0.2) is 57.1 Å². The third kappa shape index (κ3) is 5.30. The molecule has 4 N–H and O–H groups in total. The number of hydrogen-bond donors (Lipinski definition) is 2. The van der Waals surface area contributed by atoms with Gasteiger partial charge in [0.05, 0.1) is 13.3 Å². The van der Waals surface area contributed by atoms with Crippen molar-refractivity contribution in [2.75, 3.05) is 7.11 Å². The van der Waals surface area contributed by atoms with E-state index in [4.69, 9.17) is 20.9 Å². The van der Waals surface area contributed by atoms with Crippen molar-refractivity contribution in [2.45, 2.75) is 6.61 Å². The summed E-state index contributed by atoms with van der Waals surface area (Å²) in [6.45, 7) is 0.442. The van der Waals surface area contributed by atoms with Crippen LogP contribution in [0.3, 0.4) is 0 Å². The summed E-state index contributed by atoms with van der Waals surface area (Å²) < 4.78 is 12.2. The minimum absolute atomic E-state index is 0.0952. The predicted molar refractivity (Wildman–Crippen MR) is 94.9 cm³/mol. The molecule has 0 amide bonds. The lowest BCUT2D eigenvalue weighted by molar-refractivity contribution is 0.284. The number of nitrogens with zero attached hydrogens (tertiary/aromatic N) is 2. The van der Waals surface area contributed by atoms with E-state index < -0.39 is 0 Å². The average Bonchev–Trinajstić information content (AvgIpc) is 2.53. The highest BCUT2D eigenvalue weighted by Gasteiger charge is 2.06. The molecular formula is C16H17BrN4O2. The smallest absolute Gasteiger partial charge is 0.211 e. The molecule has 120 valence electrons. The first-order valence-electron chi connectivity index (χ1n) is 6.75. The van der Waals surface area contributed by atoms with Gasteiger partial charge in [-0.1, -0.05) is 28.1 Å². The Morgan fingerprint density at radius 2 is 2.00 bits per heavy atom. The third-order valence-electron chi connectivity index (χ3n) is 2.85. The molecule has 0 aliphatic rings. The molecule has 0 saturated heterocycles. The summed E-state index contributed by atoms with van der Waals surface area (Å²) in [7, 11) is 1.58. The number of hydrogen-bond acceptors (Lipinski definition) is 4. The second-order valence-corrected chi connectivity index (χ2v) is 5.51. The van der Waals surface area contributed by atoms with E-state index in [-0.39, 0.29) is 5.96 Å². The molecule has 7 heteroatoms. The molecule has 0 aliphatic carbocycles. The number of methoxy groups -OCH3 is 1. The van der Waals surface area contributed by atoms with Gasteiger partial charge in [0.15, 0.2) is 11.5 Å². The number of guanidine groups is 1. The van der Waals surface area contributed by atoms with E-state index in [1.54, 1.807) is 13.2 Å². The van der Waals surface area contributed by atoms with Gasteiger partial charge in [-0.25, -0.2) is 0 Å². The van der Waals surface area contributed by atoms with Gasteiger partial charge in [-0.05, 0) is 41.5 Å². The molecule has 0 saturated carbocycles. The second-order valence-electron chi connectivity index (χ2n) is 4.60. The number of nitrogens with two attached hydrogens (primary N) is 2. The second kappa shape index (κ2) is 8.19. The molecule has 0 aliphatic heterocycles. The Morgan fingerprint density at radius 3 is 2.70 bits per heavy atom. The molecular weight excluding hydrogens is 360 g/mol. The van der Waals surface area contributed by atoms with Crippen molar-refractivity contribution in [2.24, 2.45) is 21.7 Å². The Balaban J connectivity index is 2.10. The Labute approximate surface area is 142 Å². The summed E-state index contributed by atoms with van der Waals surface area (Å²) >= 11 is 3.44. The van der Waals surface area contributed by atoms with Crippen LogP contribution in [0.1, 0.15) is 11.1 Å². The number of rotatable bonds is 6. The van der Waals surface area contributed by atoms with Crippen molar-refractivity contribution in [3.05, 3.63) is 58.1 Å². The van der Waals surface area contributed by atoms with E-state index in [2.05, 4.69) is 26.1 Å². The molecule has 0 fully saturated rings. The number of ether oxygens (including phenoxy) is 2. The van der Waals surface area contributed by atoms with Gasteiger partial charge >= 0.3 is 0 Å². The van der Waals surface area contributed by atoms with E-state index in [0.717, 1.165) is 15.6 Å². The quantitative estimate of drug-likeness (QED) is 0.460. The van der Waals surface area contributed by atoms with Crippen LogP contribution in [-0.2, 0) is 6.61 Å². The predicted octanol–water partition coefficient (Wildman–Crippen LogP) is 2.64. The highest BCUT2D eigenvalue weighted by Crippen LogP contribution is 2.28. The monoisotopic (exact) mass is 376 g/mol. The summed E-state index contributed by atoms with van der Waals surface area (Å²) in [5.41, 5.74) is 12.3. The Morgan fingerprint density at radius 1 is 1.17 bits per heavy atom. The molecule has 6 nitrogen and oxygen atoms in total. The summed E-state index contributed by atoms with van der Waals surface area (Å²) in [5, 5.41) is 7.31. The van der Waals surface area contributed by atoms with Crippen LogP contribution in [0.25, 0.3) is 0 Å². The summed E-state index contributed by atoms with van der Waals surface area (Å²) in [6.07, 6.45) is 1.53. The first-order valence-corrected chi connectivity index (χ1v) is 7.55. The van der Waals surface area contributed by atoms with Gasteiger partial charge < -0.3 is 20.9 Å². The molecule has 0 bridgehead atoms. The fourth-order valence-corrected chi connectivity index (χ4v) is 2.28. The number of benzene rings is 2. The topological polar surface area (TPSA) is 95.2 Å². The molecule has 0 atom stereocenters. The maximum Gasteiger partial charge on any atom is 0.211 e. The lowest BCUT2D eigenvalue weighted by atomic mass is 10.2. The van der Waals surface area contributed by atoms with Crippen LogP contribution < -0.4 is 20.9 Å². The highest BCUT2D eigenvalue weighted by molar-refractivity contribution is 9.10. The fourth-order valence-electron chi connectivity index (χ4n) is 1.83. The van der Waals surface area contributed by atoms with Crippen molar-refractivity contribution in [1.29, 1.82) is 0 Å². The van der Waals surface area contributed by atoms with Crippen LogP contribution in [-0.4, -0.2) is 19.3 Å². The zero-order valence-electron chi connectivity index (χ0n) is 12.6. The normalized spacial score (nSPS) is 10.5. The molecule has 0 unspecified atom stereocenters. The Bertz CT molecular complexity index is 728. The third-order valence-corrected chi connectivity index (χ3v) is 3.34. The molecule has 2 aromatic carbocycles. The SMILES string of the molecule is COc1cc(C=NN=C(N)N)ccc1OCc1cccc(Br)c1. The van der Waals surface area contributed by atoms with Gasteiger partial charge in [-0.3, -0.25) is 0 Å². The maximum absolute atomic E-state index is 5.81. The van der Waals surface area contributed by atoms with Crippen LogP contribution in [0, 0.1) is 0 Å². The molecule has 2 aromatic rings. The summed E-state index contributed by atoms with van der Waals surface area (Å²) in [5.74, 6) is 1.15. The van der Waals surface area contributed by atoms with Gasteiger partial charge in [-0.15, -0.1) is 5.10 Å². The molecule has 2 rings (SSSR count). The summed E-state index contributed by atoms with van der Waals surface area (Å²) in [6, 6.07) is 13.4. The van der Waals surface area contributed by atoms with Gasteiger partial charge in [0.2, 0.25) is 5.96 Å². The first kappa shape index (κ1) is 16.8. The average molecular weight is 377 g/mol. The molecule has 0 heterocycles. The van der Waals surface area contributed by atoms with Gasteiger partial charge in [0, 0.05) is 4.47 Å². The minimum atomic E-state index is -0.0952. The van der Waals surface area contributed by atoms with E-state index in [0.29, 0.717) is 18.1 Å². The zero-order valence-corrected chi connectivity index (χ0v) is 14.2. The Hall–Kier alpha value is -2.54.